The SMILES string of the molecule is CSc1cc2c(cc1O)OC(=O)C2. The number of aromatic hydroxyl groups is 1. The quantitative estimate of drug-likeness (QED) is 0.421. The molecule has 1 aliphatic rings. The van der Waals surface area contributed by atoms with Crippen molar-refractivity contribution in [3.8, 4) is 11.5 Å². The van der Waals surface area contributed by atoms with Gasteiger partial charge in [0.2, 0.25) is 0 Å². The molecule has 68 valence electrons. The fourth-order valence-corrected chi connectivity index (χ4v) is 1.83. The van der Waals surface area contributed by atoms with E-state index in [0.29, 0.717) is 12.2 Å². The summed E-state index contributed by atoms with van der Waals surface area (Å²) in [7, 11) is 0. The minimum atomic E-state index is -0.257. The molecule has 4 heteroatoms. The summed E-state index contributed by atoms with van der Waals surface area (Å²) in [6.07, 6.45) is 2.18. The Morgan fingerprint density at radius 1 is 1.54 bits per heavy atom. The summed E-state index contributed by atoms with van der Waals surface area (Å²) in [5.41, 5.74) is 0.854. The molecule has 2 rings (SSSR count). The topological polar surface area (TPSA) is 46.5 Å². The Bertz CT molecular complexity index is 373. The number of carbonyl (C=O) groups is 1. The van der Waals surface area contributed by atoms with Crippen molar-refractivity contribution in [2.45, 2.75) is 11.3 Å². The van der Waals surface area contributed by atoms with E-state index in [2.05, 4.69) is 0 Å². The largest absolute Gasteiger partial charge is 0.507 e. The number of thioether (sulfide) groups is 1. The second kappa shape index (κ2) is 2.96. The summed E-state index contributed by atoms with van der Waals surface area (Å²) in [5.74, 6) is 0.397. The molecule has 0 saturated carbocycles. The Kier molecular flexibility index (Phi) is 1.92. The number of hydrogen-bond acceptors (Lipinski definition) is 4. The molecule has 1 aromatic rings. The maximum atomic E-state index is 10.9. The molecule has 0 radical (unpaired) electrons. The lowest BCUT2D eigenvalue weighted by molar-refractivity contribution is -0.131. The molecule has 0 atom stereocenters. The van der Waals surface area contributed by atoms with E-state index in [1.807, 2.05) is 6.26 Å². The van der Waals surface area contributed by atoms with Gasteiger partial charge in [-0.1, -0.05) is 0 Å². The highest BCUT2D eigenvalue weighted by molar-refractivity contribution is 7.98. The minimum Gasteiger partial charge on any atom is -0.507 e. The summed E-state index contributed by atoms with van der Waals surface area (Å²) in [6, 6.07) is 3.28. The lowest BCUT2D eigenvalue weighted by atomic mass is 10.1. The maximum absolute atomic E-state index is 10.9. The van der Waals surface area contributed by atoms with Crippen LogP contribution in [0.5, 0.6) is 11.5 Å². The average molecular weight is 196 g/mol. The standard InChI is InChI=1S/C9H8O3S/c1-13-8-2-5-3-9(11)12-7(5)4-6(8)10/h2,4,10H,3H2,1H3. The van der Waals surface area contributed by atoms with E-state index < -0.39 is 0 Å². The summed E-state index contributed by atoms with van der Waals surface area (Å²) in [6.45, 7) is 0. The van der Waals surface area contributed by atoms with Crippen molar-refractivity contribution < 1.29 is 14.6 Å². The fourth-order valence-electron chi connectivity index (χ4n) is 1.30. The van der Waals surface area contributed by atoms with Crippen LogP contribution in [-0.4, -0.2) is 17.3 Å². The van der Waals surface area contributed by atoms with Crippen LogP contribution in [0.2, 0.25) is 0 Å². The monoisotopic (exact) mass is 196 g/mol. The van der Waals surface area contributed by atoms with Crippen LogP contribution in [0.1, 0.15) is 5.56 Å². The van der Waals surface area contributed by atoms with Gasteiger partial charge in [0.25, 0.3) is 0 Å². The third-order valence-corrected chi connectivity index (χ3v) is 2.69. The van der Waals surface area contributed by atoms with Gasteiger partial charge in [-0.05, 0) is 12.3 Å². The van der Waals surface area contributed by atoms with Crippen molar-refractivity contribution >= 4 is 17.7 Å². The van der Waals surface area contributed by atoms with Gasteiger partial charge < -0.3 is 9.84 Å². The molecule has 13 heavy (non-hydrogen) atoms. The molecular weight excluding hydrogens is 188 g/mol. The second-order valence-corrected chi connectivity index (χ2v) is 3.63. The van der Waals surface area contributed by atoms with E-state index in [1.165, 1.54) is 17.8 Å². The number of fused-ring (bicyclic) bond motifs is 1. The first-order valence-electron chi connectivity index (χ1n) is 3.81. The highest BCUT2D eigenvalue weighted by Crippen LogP contribution is 2.36. The zero-order valence-electron chi connectivity index (χ0n) is 7.03. The van der Waals surface area contributed by atoms with Gasteiger partial charge in [-0.3, -0.25) is 4.79 Å². The molecular formula is C9H8O3S. The highest BCUT2D eigenvalue weighted by atomic mass is 32.2. The lowest BCUT2D eigenvalue weighted by Crippen LogP contribution is -2.00. The first-order chi connectivity index (χ1) is 6.20. The Balaban J connectivity index is 2.50. The molecule has 0 aromatic heterocycles. The minimum absolute atomic E-state index is 0.168. The molecule has 0 bridgehead atoms. The molecule has 0 aliphatic carbocycles. The Morgan fingerprint density at radius 2 is 2.31 bits per heavy atom. The van der Waals surface area contributed by atoms with E-state index in [9.17, 15) is 9.90 Å². The van der Waals surface area contributed by atoms with E-state index in [1.54, 1.807) is 6.07 Å². The van der Waals surface area contributed by atoms with Crippen molar-refractivity contribution in [1.29, 1.82) is 0 Å². The molecule has 0 unspecified atom stereocenters. The first-order valence-corrected chi connectivity index (χ1v) is 5.03. The predicted octanol–water partition coefficient (Wildman–Crippen LogP) is 1.58. The zero-order valence-corrected chi connectivity index (χ0v) is 7.85. The van der Waals surface area contributed by atoms with Crippen molar-refractivity contribution in [1.82, 2.24) is 0 Å². The van der Waals surface area contributed by atoms with Gasteiger partial charge in [0, 0.05) is 16.5 Å². The molecule has 0 amide bonds. The van der Waals surface area contributed by atoms with E-state index in [-0.39, 0.29) is 11.7 Å². The summed E-state index contributed by atoms with van der Waals surface area (Å²) in [4.78, 5) is 11.7. The molecule has 1 N–H and O–H groups in total. The van der Waals surface area contributed by atoms with Crippen molar-refractivity contribution in [2.24, 2.45) is 0 Å². The maximum Gasteiger partial charge on any atom is 0.315 e. The van der Waals surface area contributed by atoms with Crippen LogP contribution in [0.3, 0.4) is 0 Å². The van der Waals surface area contributed by atoms with Gasteiger partial charge in [0.15, 0.2) is 0 Å². The van der Waals surface area contributed by atoms with Crippen LogP contribution in [0, 0.1) is 0 Å². The zero-order chi connectivity index (χ0) is 9.42. The number of phenols is 1. The number of benzene rings is 1. The van der Waals surface area contributed by atoms with Gasteiger partial charge in [-0.15, -0.1) is 11.8 Å². The predicted molar refractivity (Wildman–Crippen MR) is 49.2 cm³/mol. The number of hydrogen-bond donors (Lipinski definition) is 1. The third kappa shape index (κ3) is 1.37. The van der Waals surface area contributed by atoms with Gasteiger partial charge in [0.05, 0.1) is 6.42 Å². The fraction of sp³-hybridized carbons (Fsp3) is 0.222. The van der Waals surface area contributed by atoms with Gasteiger partial charge >= 0.3 is 5.97 Å². The van der Waals surface area contributed by atoms with Crippen LogP contribution < -0.4 is 4.74 Å². The smallest absolute Gasteiger partial charge is 0.315 e. The summed E-state index contributed by atoms with van der Waals surface area (Å²) >= 11 is 1.45. The molecule has 1 aliphatic heterocycles. The number of carbonyl (C=O) groups excluding carboxylic acids is 1. The van der Waals surface area contributed by atoms with Gasteiger partial charge in [-0.2, -0.15) is 0 Å². The summed E-state index contributed by atoms with van der Waals surface area (Å²) < 4.78 is 4.88. The molecule has 1 heterocycles. The van der Waals surface area contributed by atoms with E-state index >= 15 is 0 Å². The van der Waals surface area contributed by atoms with E-state index in [0.717, 1.165) is 10.5 Å². The van der Waals surface area contributed by atoms with Crippen molar-refractivity contribution in [3.63, 3.8) is 0 Å². The second-order valence-electron chi connectivity index (χ2n) is 2.78. The Morgan fingerprint density at radius 3 is 3.00 bits per heavy atom. The number of ether oxygens (including phenoxy) is 1. The van der Waals surface area contributed by atoms with Crippen molar-refractivity contribution in [2.75, 3.05) is 6.26 Å². The van der Waals surface area contributed by atoms with Crippen LogP contribution >= 0.6 is 11.8 Å². The first kappa shape index (κ1) is 8.44. The van der Waals surface area contributed by atoms with Crippen LogP contribution in [-0.2, 0) is 11.2 Å². The Hall–Kier alpha value is -1.16. The van der Waals surface area contributed by atoms with Crippen LogP contribution in [0.25, 0.3) is 0 Å². The number of phenolic OH excluding ortho intramolecular Hbond substituents is 1. The van der Waals surface area contributed by atoms with Gasteiger partial charge in [0.1, 0.15) is 11.5 Å². The van der Waals surface area contributed by atoms with E-state index in [4.69, 9.17) is 4.74 Å². The van der Waals surface area contributed by atoms with Crippen LogP contribution in [0.4, 0.5) is 0 Å². The third-order valence-electron chi connectivity index (χ3n) is 1.92. The molecule has 1 aromatic carbocycles. The van der Waals surface area contributed by atoms with Gasteiger partial charge in [-0.25, -0.2) is 0 Å². The number of rotatable bonds is 1. The molecule has 3 nitrogen and oxygen atoms in total. The normalized spacial score (nSPS) is 14.1. The number of esters is 1. The van der Waals surface area contributed by atoms with Crippen molar-refractivity contribution in [3.05, 3.63) is 17.7 Å². The molecule has 0 fully saturated rings. The average Bonchev–Trinajstić information content (AvgIpc) is 2.42. The molecule has 0 saturated heterocycles. The lowest BCUT2D eigenvalue weighted by Gasteiger charge is -2.02. The summed E-state index contributed by atoms with van der Waals surface area (Å²) in [5, 5.41) is 9.45. The Labute approximate surface area is 79.7 Å². The molecule has 0 spiro atoms. The highest BCUT2D eigenvalue weighted by Gasteiger charge is 2.21. The van der Waals surface area contributed by atoms with Crippen LogP contribution in [0.15, 0.2) is 17.0 Å².